The van der Waals surface area contributed by atoms with Crippen molar-refractivity contribution in [2.24, 2.45) is 0 Å². The Kier molecular flexibility index (Phi) is 8.16. The van der Waals surface area contributed by atoms with Gasteiger partial charge in [-0.1, -0.05) is 20.8 Å². The van der Waals surface area contributed by atoms with Gasteiger partial charge in [-0.05, 0) is 43.5 Å². The van der Waals surface area contributed by atoms with Crippen molar-refractivity contribution >= 4 is 17.3 Å². The maximum Gasteiger partial charge on any atom is 0.200 e. The number of carbonyl (C=O) groups excluding carboxylic acids is 1. The molecular weight excluding hydrogens is 489 g/mol. The maximum atomic E-state index is 15.7. The number of morpholine rings is 1. The van der Waals surface area contributed by atoms with E-state index < -0.39 is 6.30 Å². The van der Waals surface area contributed by atoms with Crippen molar-refractivity contribution in [2.75, 3.05) is 58.1 Å². The van der Waals surface area contributed by atoms with Crippen LogP contribution in [0.25, 0.3) is 0 Å². The summed E-state index contributed by atoms with van der Waals surface area (Å²) in [7, 11) is 1.64. The summed E-state index contributed by atoms with van der Waals surface area (Å²) < 4.78 is 38.4. The maximum absolute atomic E-state index is 15.7. The SMILES string of the molecule is CCOc1cc2c(cc1OCC)C(F)N(CC(=O)c1cc(N3CCOCC3)c(OC)c(C(C)(C)C)c1)C2=N. The molecule has 0 saturated carbocycles. The summed E-state index contributed by atoms with van der Waals surface area (Å²) in [6.45, 7) is 13.0. The lowest BCUT2D eigenvalue weighted by Gasteiger charge is -2.33. The van der Waals surface area contributed by atoms with Gasteiger partial charge in [0.05, 0.1) is 45.8 Å². The molecule has 0 spiro atoms. The van der Waals surface area contributed by atoms with Crippen molar-refractivity contribution in [1.29, 1.82) is 5.41 Å². The number of ether oxygens (including phenoxy) is 4. The zero-order chi connectivity index (χ0) is 27.6. The van der Waals surface area contributed by atoms with Gasteiger partial charge in [-0.15, -0.1) is 0 Å². The number of Topliss-reactive ketones (excluding diaryl/α,β-unsaturated/α-hetero) is 1. The molecule has 0 amide bonds. The summed E-state index contributed by atoms with van der Waals surface area (Å²) in [6, 6.07) is 6.87. The number of nitrogens with zero attached hydrogens (tertiary/aromatic N) is 2. The molecule has 0 aliphatic carbocycles. The van der Waals surface area contributed by atoms with Gasteiger partial charge < -0.3 is 28.7 Å². The Balaban J connectivity index is 1.68. The first-order valence-corrected chi connectivity index (χ1v) is 13.1. The molecule has 9 heteroatoms. The number of fused-ring (bicyclic) bond motifs is 1. The van der Waals surface area contributed by atoms with Gasteiger partial charge in [0.2, 0.25) is 6.30 Å². The Morgan fingerprint density at radius 1 is 1.08 bits per heavy atom. The van der Waals surface area contributed by atoms with Crippen molar-refractivity contribution in [2.45, 2.75) is 46.3 Å². The number of hydrogen-bond acceptors (Lipinski definition) is 7. The van der Waals surface area contributed by atoms with Crippen LogP contribution in [-0.2, 0) is 10.2 Å². The molecule has 1 atom stereocenters. The van der Waals surface area contributed by atoms with Crippen molar-refractivity contribution < 1.29 is 28.1 Å². The Labute approximate surface area is 224 Å². The molecule has 1 saturated heterocycles. The monoisotopic (exact) mass is 527 g/mol. The van der Waals surface area contributed by atoms with E-state index in [0.717, 1.165) is 17.0 Å². The first-order chi connectivity index (χ1) is 18.1. The molecule has 206 valence electrons. The number of amidine groups is 1. The zero-order valence-corrected chi connectivity index (χ0v) is 23.2. The molecule has 2 aromatic carbocycles. The minimum Gasteiger partial charge on any atom is -0.494 e. The van der Waals surface area contributed by atoms with Crippen molar-refractivity contribution in [1.82, 2.24) is 4.90 Å². The molecular formula is C29H38FN3O5. The van der Waals surface area contributed by atoms with Crippen LogP contribution < -0.4 is 19.1 Å². The van der Waals surface area contributed by atoms with Crippen LogP contribution in [0.2, 0.25) is 0 Å². The van der Waals surface area contributed by atoms with Crippen molar-refractivity contribution in [3.63, 3.8) is 0 Å². The van der Waals surface area contributed by atoms with E-state index >= 15 is 4.39 Å². The molecule has 1 unspecified atom stereocenters. The number of rotatable bonds is 9. The Hall–Kier alpha value is -3.33. The highest BCUT2D eigenvalue weighted by molar-refractivity contribution is 6.06. The molecule has 2 aliphatic heterocycles. The van der Waals surface area contributed by atoms with Crippen molar-refractivity contribution in [3.8, 4) is 17.2 Å². The predicted octanol–water partition coefficient (Wildman–Crippen LogP) is 5.12. The number of nitrogens with one attached hydrogen (secondary N) is 1. The second kappa shape index (κ2) is 11.2. The summed E-state index contributed by atoms with van der Waals surface area (Å²) in [6.07, 6.45) is -1.64. The summed E-state index contributed by atoms with van der Waals surface area (Å²) in [5, 5.41) is 8.68. The minimum absolute atomic E-state index is 0.0530. The molecule has 2 aliphatic rings. The van der Waals surface area contributed by atoms with Gasteiger partial charge in [0.1, 0.15) is 11.6 Å². The molecule has 1 fully saturated rings. The van der Waals surface area contributed by atoms with E-state index in [1.165, 1.54) is 4.90 Å². The summed E-state index contributed by atoms with van der Waals surface area (Å²) in [4.78, 5) is 17.0. The van der Waals surface area contributed by atoms with E-state index in [1.54, 1.807) is 19.2 Å². The second-order valence-corrected chi connectivity index (χ2v) is 10.4. The largest absolute Gasteiger partial charge is 0.494 e. The molecule has 0 radical (unpaired) electrons. The summed E-state index contributed by atoms with van der Waals surface area (Å²) in [5.74, 6) is 1.29. The van der Waals surface area contributed by atoms with Crippen molar-refractivity contribution in [3.05, 3.63) is 46.5 Å². The second-order valence-electron chi connectivity index (χ2n) is 10.4. The molecule has 8 nitrogen and oxygen atoms in total. The van der Waals surface area contributed by atoms with E-state index in [0.29, 0.717) is 67.7 Å². The van der Waals surface area contributed by atoms with Crippen LogP contribution in [0.1, 0.15) is 68.0 Å². The van der Waals surface area contributed by atoms with Gasteiger partial charge >= 0.3 is 0 Å². The summed E-state index contributed by atoms with van der Waals surface area (Å²) >= 11 is 0. The summed E-state index contributed by atoms with van der Waals surface area (Å²) in [5.41, 5.74) is 2.58. The van der Waals surface area contributed by atoms with Crippen LogP contribution in [-0.4, -0.2) is 69.7 Å². The number of benzene rings is 2. The van der Waals surface area contributed by atoms with Gasteiger partial charge in [-0.2, -0.15) is 0 Å². The van der Waals surface area contributed by atoms with E-state index in [9.17, 15) is 4.79 Å². The number of halogens is 1. The molecule has 0 aromatic heterocycles. The minimum atomic E-state index is -1.64. The fourth-order valence-electron chi connectivity index (χ4n) is 4.94. The topological polar surface area (TPSA) is 84.3 Å². The quantitative estimate of drug-likeness (QED) is 0.358. The Morgan fingerprint density at radius 3 is 2.29 bits per heavy atom. The number of methoxy groups -OCH3 is 1. The van der Waals surface area contributed by atoms with Crippen LogP contribution in [0.3, 0.4) is 0 Å². The standard InChI is InChI=1S/C29H38FN3O5/c1-7-37-24-15-19-20(16-25(24)38-8-2)28(31)33(27(19)30)17-23(34)18-13-21(29(3,4)5)26(35-6)22(14-18)32-9-11-36-12-10-32/h13-16,27,31H,7-12,17H2,1-6H3. The van der Waals surface area contributed by atoms with Crippen LogP contribution in [0.4, 0.5) is 10.1 Å². The third kappa shape index (κ3) is 5.29. The molecule has 4 rings (SSSR count). The predicted molar refractivity (Wildman–Crippen MR) is 145 cm³/mol. The number of ketones is 1. The van der Waals surface area contributed by atoms with E-state index in [1.807, 2.05) is 26.0 Å². The van der Waals surface area contributed by atoms with Gasteiger partial charge in [0.25, 0.3) is 0 Å². The zero-order valence-electron chi connectivity index (χ0n) is 23.2. The molecule has 2 heterocycles. The highest BCUT2D eigenvalue weighted by atomic mass is 19.1. The van der Waals surface area contributed by atoms with Crippen LogP contribution in [0.5, 0.6) is 17.2 Å². The fraction of sp³-hybridized carbons (Fsp3) is 0.517. The average molecular weight is 528 g/mol. The average Bonchev–Trinajstić information content (AvgIpc) is 3.12. The number of anilines is 1. The van der Waals surface area contributed by atoms with E-state index in [-0.39, 0.29) is 23.6 Å². The molecule has 38 heavy (non-hydrogen) atoms. The molecule has 0 bridgehead atoms. The molecule has 2 aromatic rings. The van der Waals surface area contributed by atoms with Crippen LogP contribution >= 0.6 is 0 Å². The van der Waals surface area contributed by atoms with E-state index in [2.05, 4.69) is 25.7 Å². The van der Waals surface area contributed by atoms with Gasteiger partial charge in [0, 0.05) is 35.3 Å². The van der Waals surface area contributed by atoms with Crippen LogP contribution in [0, 0.1) is 5.41 Å². The fourth-order valence-corrected chi connectivity index (χ4v) is 4.94. The lowest BCUT2D eigenvalue weighted by molar-refractivity contribution is 0.0890. The number of alkyl halides is 1. The first-order valence-electron chi connectivity index (χ1n) is 13.1. The van der Waals surface area contributed by atoms with Gasteiger partial charge in [-0.25, -0.2) is 4.39 Å². The third-order valence-corrected chi connectivity index (χ3v) is 6.86. The lowest BCUT2D eigenvalue weighted by atomic mass is 9.84. The van der Waals surface area contributed by atoms with Gasteiger partial charge in [0.15, 0.2) is 17.3 Å². The third-order valence-electron chi connectivity index (χ3n) is 6.86. The number of carbonyl (C=O) groups is 1. The number of hydrogen-bond donors (Lipinski definition) is 1. The normalized spacial score (nSPS) is 17.4. The highest BCUT2D eigenvalue weighted by Crippen LogP contribution is 2.43. The van der Waals surface area contributed by atoms with E-state index in [4.69, 9.17) is 24.4 Å². The Morgan fingerprint density at radius 2 is 1.71 bits per heavy atom. The smallest absolute Gasteiger partial charge is 0.200 e. The molecule has 1 N–H and O–H groups in total. The van der Waals surface area contributed by atoms with Gasteiger partial charge in [-0.3, -0.25) is 10.2 Å². The van der Waals surface area contributed by atoms with Crippen LogP contribution in [0.15, 0.2) is 24.3 Å². The lowest BCUT2D eigenvalue weighted by Crippen LogP contribution is -2.37. The first kappa shape index (κ1) is 27.7. The highest BCUT2D eigenvalue weighted by Gasteiger charge is 2.37. The Bertz CT molecular complexity index is 1200.